The first-order valence-corrected chi connectivity index (χ1v) is 9.59. The summed E-state index contributed by atoms with van der Waals surface area (Å²) in [6.07, 6.45) is 3.37. The monoisotopic (exact) mass is 397 g/mol. The molecule has 0 saturated carbocycles. The van der Waals surface area contributed by atoms with Crippen LogP contribution in [0.5, 0.6) is 5.88 Å². The minimum Gasteiger partial charge on any atom is -0.473 e. The number of carbonyl (C=O) groups is 1. The molecule has 0 unspecified atom stereocenters. The van der Waals surface area contributed by atoms with Crippen molar-refractivity contribution in [1.82, 2.24) is 25.1 Å². The standard InChI is InChI=1S/C20H23N5O2S/c1-2-7-17-23-24-20(28)25(17)13-18(26)22-12-16-10-6-11-21-19(16)27-14-15-8-4-3-5-9-15/h3-6,8-11H,2,7,12-14H2,1H3,(H,22,26)(H,24,28). The zero-order chi connectivity index (χ0) is 19.8. The van der Waals surface area contributed by atoms with Crippen LogP contribution in [0.4, 0.5) is 0 Å². The van der Waals surface area contributed by atoms with Gasteiger partial charge in [-0.25, -0.2) is 4.98 Å². The number of hydrogen-bond acceptors (Lipinski definition) is 5. The van der Waals surface area contributed by atoms with E-state index in [1.807, 2.05) is 42.5 Å². The Morgan fingerprint density at radius 1 is 1.25 bits per heavy atom. The predicted octanol–water partition coefficient (Wildman–Crippen LogP) is 3.18. The van der Waals surface area contributed by atoms with Gasteiger partial charge in [-0.2, -0.15) is 5.10 Å². The van der Waals surface area contributed by atoms with Crippen molar-refractivity contribution in [2.75, 3.05) is 0 Å². The molecule has 8 heteroatoms. The summed E-state index contributed by atoms with van der Waals surface area (Å²) in [7, 11) is 0. The third-order valence-electron chi connectivity index (χ3n) is 4.16. The largest absolute Gasteiger partial charge is 0.473 e. The molecule has 0 atom stereocenters. The van der Waals surface area contributed by atoms with Crippen LogP contribution in [-0.2, 0) is 30.9 Å². The van der Waals surface area contributed by atoms with Gasteiger partial charge < -0.3 is 10.1 Å². The van der Waals surface area contributed by atoms with Crippen LogP contribution in [-0.4, -0.2) is 25.7 Å². The number of nitrogens with zero attached hydrogens (tertiary/aromatic N) is 3. The van der Waals surface area contributed by atoms with Crippen LogP contribution in [0.1, 0.15) is 30.3 Å². The summed E-state index contributed by atoms with van der Waals surface area (Å²) < 4.78 is 8.01. The fourth-order valence-corrected chi connectivity index (χ4v) is 2.95. The molecule has 1 aromatic carbocycles. The summed E-state index contributed by atoms with van der Waals surface area (Å²) in [4.78, 5) is 16.7. The van der Waals surface area contributed by atoms with Crippen molar-refractivity contribution in [3.05, 3.63) is 70.4 Å². The summed E-state index contributed by atoms with van der Waals surface area (Å²) in [6.45, 7) is 2.93. The van der Waals surface area contributed by atoms with Crippen molar-refractivity contribution in [2.24, 2.45) is 0 Å². The number of benzene rings is 1. The van der Waals surface area contributed by atoms with Gasteiger partial charge in [0.1, 0.15) is 19.0 Å². The summed E-state index contributed by atoms with van der Waals surface area (Å²) in [5.41, 5.74) is 1.87. The van der Waals surface area contributed by atoms with E-state index in [0.717, 1.165) is 29.8 Å². The first-order valence-electron chi connectivity index (χ1n) is 9.18. The molecule has 146 valence electrons. The Morgan fingerprint density at radius 3 is 2.86 bits per heavy atom. The first-order chi connectivity index (χ1) is 13.7. The molecule has 2 N–H and O–H groups in total. The number of nitrogens with one attached hydrogen (secondary N) is 2. The van der Waals surface area contributed by atoms with Crippen molar-refractivity contribution < 1.29 is 9.53 Å². The van der Waals surface area contributed by atoms with Crippen LogP contribution in [0.25, 0.3) is 0 Å². The highest BCUT2D eigenvalue weighted by Gasteiger charge is 2.11. The maximum atomic E-state index is 12.4. The molecule has 0 aliphatic heterocycles. The van der Waals surface area contributed by atoms with Gasteiger partial charge in [-0.15, -0.1) is 0 Å². The Balaban J connectivity index is 1.59. The van der Waals surface area contributed by atoms with E-state index in [4.69, 9.17) is 17.0 Å². The average Bonchev–Trinajstić information content (AvgIpc) is 3.06. The van der Waals surface area contributed by atoms with Crippen molar-refractivity contribution >= 4 is 18.1 Å². The minimum atomic E-state index is -0.146. The number of amides is 1. The molecule has 0 saturated heterocycles. The number of aromatic amines is 1. The third kappa shape index (κ3) is 5.26. The van der Waals surface area contributed by atoms with Crippen LogP contribution in [0.2, 0.25) is 0 Å². The van der Waals surface area contributed by atoms with Gasteiger partial charge in [-0.05, 0) is 30.3 Å². The molecule has 2 aromatic heterocycles. The molecular weight excluding hydrogens is 374 g/mol. The highest BCUT2D eigenvalue weighted by atomic mass is 32.1. The van der Waals surface area contributed by atoms with Gasteiger partial charge in [0.15, 0.2) is 4.77 Å². The molecular formula is C20H23N5O2S. The zero-order valence-corrected chi connectivity index (χ0v) is 16.5. The van der Waals surface area contributed by atoms with E-state index in [-0.39, 0.29) is 12.5 Å². The quantitative estimate of drug-likeness (QED) is 0.542. The molecule has 2 heterocycles. The Bertz CT molecular complexity index is 968. The number of rotatable bonds is 9. The van der Waals surface area contributed by atoms with E-state index in [0.29, 0.717) is 23.8 Å². The van der Waals surface area contributed by atoms with Crippen molar-refractivity contribution in [2.45, 2.75) is 39.5 Å². The van der Waals surface area contributed by atoms with Crippen LogP contribution in [0, 0.1) is 4.77 Å². The zero-order valence-electron chi connectivity index (χ0n) is 15.7. The van der Waals surface area contributed by atoms with E-state index in [1.165, 1.54) is 0 Å². The minimum absolute atomic E-state index is 0.130. The van der Waals surface area contributed by atoms with E-state index < -0.39 is 0 Å². The van der Waals surface area contributed by atoms with Crippen LogP contribution in [0.3, 0.4) is 0 Å². The van der Waals surface area contributed by atoms with Crippen LogP contribution < -0.4 is 10.1 Å². The van der Waals surface area contributed by atoms with Gasteiger partial charge in [-0.1, -0.05) is 43.3 Å². The number of aryl methyl sites for hydroxylation is 1. The maximum absolute atomic E-state index is 12.4. The normalized spacial score (nSPS) is 10.6. The topological polar surface area (TPSA) is 84.8 Å². The fraction of sp³-hybridized carbons (Fsp3) is 0.300. The van der Waals surface area contributed by atoms with E-state index in [2.05, 4.69) is 27.4 Å². The van der Waals surface area contributed by atoms with Gasteiger partial charge in [0.2, 0.25) is 11.8 Å². The summed E-state index contributed by atoms with van der Waals surface area (Å²) in [5.74, 6) is 1.15. The Morgan fingerprint density at radius 2 is 2.07 bits per heavy atom. The molecule has 0 aliphatic rings. The Hall–Kier alpha value is -3.00. The molecule has 0 aliphatic carbocycles. The molecule has 0 bridgehead atoms. The van der Waals surface area contributed by atoms with E-state index in [9.17, 15) is 4.79 Å². The van der Waals surface area contributed by atoms with E-state index >= 15 is 0 Å². The maximum Gasteiger partial charge on any atom is 0.240 e. The van der Waals surface area contributed by atoms with Gasteiger partial charge in [0.25, 0.3) is 0 Å². The smallest absolute Gasteiger partial charge is 0.240 e. The van der Waals surface area contributed by atoms with Crippen molar-refractivity contribution in [3.8, 4) is 5.88 Å². The number of carbonyl (C=O) groups excluding carboxylic acids is 1. The highest BCUT2D eigenvalue weighted by Crippen LogP contribution is 2.16. The Labute approximate surface area is 168 Å². The number of H-pyrrole nitrogens is 1. The lowest BCUT2D eigenvalue weighted by Crippen LogP contribution is -2.28. The predicted molar refractivity (Wildman–Crippen MR) is 108 cm³/mol. The van der Waals surface area contributed by atoms with Crippen molar-refractivity contribution in [3.63, 3.8) is 0 Å². The Kier molecular flexibility index (Phi) is 6.91. The molecule has 0 fully saturated rings. The highest BCUT2D eigenvalue weighted by molar-refractivity contribution is 7.71. The lowest BCUT2D eigenvalue weighted by Gasteiger charge is -2.12. The third-order valence-corrected chi connectivity index (χ3v) is 4.47. The van der Waals surface area contributed by atoms with Crippen molar-refractivity contribution in [1.29, 1.82) is 0 Å². The van der Waals surface area contributed by atoms with Crippen LogP contribution >= 0.6 is 12.2 Å². The number of pyridine rings is 1. The fourth-order valence-electron chi connectivity index (χ4n) is 2.74. The van der Waals surface area contributed by atoms with Gasteiger partial charge in [-0.3, -0.25) is 14.5 Å². The summed E-state index contributed by atoms with van der Waals surface area (Å²) >= 11 is 5.22. The lowest BCUT2D eigenvalue weighted by molar-refractivity contribution is -0.121. The second-order valence-corrected chi connectivity index (χ2v) is 6.69. The van der Waals surface area contributed by atoms with Gasteiger partial charge in [0.05, 0.1) is 0 Å². The molecule has 3 aromatic rings. The molecule has 1 amide bonds. The molecule has 28 heavy (non-hydrogen) atoms. The second kappa shape index (κ2) is 9.80. The molecule has 0 spiro atoms. The lowest BCUT2D eigenvalue weighted by atomic mass is 10.2. The SMILES string of the molecule is CCCc1n[nH]c(=S)n1CC(=O)NCc1cccnc1OCc1ccccc1. The molecule has 0 radical (unpaired) electrons. The summed E-state index contributed by atoms with van der Waals surface area (Å²) in [6, 6.07) is 13.6. The number of aromatic nitrogens is 4. The number of ether oxygens (including phenoxy) is 1. The van der Waals surface area contributed by atoms with Crippen LogP contribution in [0.15, 0.2) is 48.7 Å². The first kappa shape index (κ1) is 19.8. The molecule has 7 nitrogen and oxygen atoms in total. The van der Waals surface area contributed by atoms with Gasteiger partial charge in [0, 0.05) is 24.7 Å². The van der Waals surface area contributed by atoms with E-state index in [1.54, 1.807) is 10.8 Å². The number of hydrogen-bond donors (Lipinski definition) is 2. The second-order valence-electron chi connectivity index (χ2n) is 6.30. The van der Waals surface area contributed by atoms with Gasteiger partial charge >= 0.3 is 0 Å². The average molecular weight is 398 g/mol. The summed E-state index contributed by atoms with van der Waals surface area (Å²) in [5, 5.41) is 9.83. The molecule has 3 rings (SSSR count).